The van der Waals surface area contributed by atoms with Gasteiger partial charge in [-0.3, -0.25) is 9.69 Å². The summed E-state index contributed by atoms with van der Waals surface area (Å²) in [5, 5.41) is 0. The first kappa shape index (κ1) is 20.5. The molecule has 6 heteroatoms. The lowest BCUT2D eigenvalue weighted by atomic mass is 9.89. The Kier molecular flexibility index (Phi) is 6.50. The Hall–Kier alpha value is -2.21. The molecule has 2 heterocycles. The Morgan fingerprint density at radius 3 is 2.93 bits per heavy atom. The Labute approximate surface area is 165 Å². The summed E-state index contributed by atoms with van der Waals surface area (Å²) >= 11 is 0. The summed E-state index contributed by atoms with van der Waals surface area (Å²) in [6.45, 7) is 8.44. The second-order valence-corrected chi connectivity index (χ2v) is 8.01. The van der Waals surface area contributed by atoms with E-state index >= 15 is 0 Å². The van der Waals surface area contributed by atoms with Crippen molar-refractivity contribution >= 4 is 5.78 Å². The number of hydrogen-bond acceptors (Lipinski definition) is 5. The quantitative estimate of drug-likeness (QED) is 0.692. The Balaban J connectivity index is 1.71. The number of nitrogens with zero attached hydrogens (tertiary/aromatic N) is 2. The van der Waals surface area contributed by atoms with Crippen LogP contribution in [0.3, 0.4) is 0 Å². The van der Waals surface area contributed by atoms with E-state index in [9.17, 15) is 9.18 Å². The van der Waals surface area contributed by atoms with Crippen molar-refractivity contribution in [2.75, 3.05) is 20.2 Å². The second kappa shape index (κ2) is 8.86. The van der Waals surface area contributed by atoms with E-state index in [0.29, 0.717) is 36.1 Å². The summed E-state index contributed by atoms with van der Waals surface area (Å²) in [7, 11) is 1.43. The lowest BCUT2D eigenvalue weighted by Crippen LogP contribution is -2.38. The third-order valence-corrected chi connectivity index (χ3v) is 5.23. The van der Waals surface area contributed by atoms with E-state index in [-0.39, 0.29) is 11.7 Å². The van der Waals surface area contributed by atoms with Crippen molar-refractivity contribution in [1.82, 2.24) is 9.88 Å². The van der Waals surface area contributed by atoms with Crippen molar-refractivity contribution < 1.29 is 18.3 Å². The monoisotopic (exact) mass is 388 g/mol. The number of benzene rings is 1. The number of carbonyl (C=O) groups is 1. The van der Waals surface area contributed by atoms with E-state index in [1.807, 2.05) is 6.92 Å². The first-order valence-electron chi connectivity index (χ1n) is 9.92. The molecule has 2 aromatic rings. The zero-order chi connectivity index (χ0) is 20.3. The molecule has 1 saturated heterocycles. The zero-order valence-corrected chi connectivity index (χ0v) is 17.1. The number of methoxy groups -OCH3 is 1. The van der Waals surface area contributed by atoms with Gasteiger partial charge in [-0.25, -0.2) is 9.37 Å². The number of ketones is 1. The number of rotatable bonds is 7. The summed E-state index contributed by atoms with van der Waals surface area (Å²) in [4.78, 5) is 19.4. The minimum Gasteiger partial charge on any atom is -0.494 e. The predicted molar refractivity (Wildman–Crippen MR) is 106 cm³/mol. The normalized spacial score (nSPS) is 17.9. The van der Waals surface area contributed by atoms with Crippen LogP contribution in [0, 0.1) is 24.6 Å². The van der Waals surface area contributed by atoms with E-state index in [1.165, 1.54) is 13.2 Å². The van der Waals surface area contributed by atoms with Gasteiger partial charge in [0.05, 0.1) is 12.8 Å². The summed E-state index contributed by atoms with van der Waals surface area (Å²) in [5.74, 6) is 1.83. The molecule has 0 N–H and O–H groups in total. The fourth-order valence-corrected chi connectivity index (χ4v) is 3.73. The highest BCUT2D eigenvalue weighted by atomic mass is 19.1. The van der Waals surface area contributed by atoms with Crippen LogP contribution < -0.4 is 4.74 Å². The summed E-state index contributed by atoms with van der Waals surface area (Å²) in [5.41, 5.74) is 1.53. The van der Waals surface area contributed by atoms with Gasteiger partial charge >= 0.3 is 0 Å². The fraction of sp³-hybridized carbons (Fsp3) is 0.545. The van der Waals surface area contributed by atoms with Crippen LogP contribution in [0.4, 0.5) is 4.39 Å². The number of halogens is 1. The van der Waals surface area contributed by atoms with E-state index in [1.54, 1.807) is 12.1 Å². The highest BCUT2D eigenvalue weighted by Crippen LogP contribution is 2.28. The molecule has 1 aliphatic rings. The molecule has 0 radical (unpaired) electrons. The number of piperidine rings is 1. The highest BCUT2D eigenvalue weighted by Gasteiger charge is 2.27. The molecule has 1 aromatic carbocycles. The van der Waals surface area contributed by atoms with Gasteiger partial charge in [0, 0.05) is 31.0 Å². The lowest BCUT2D eigenvalue weighted by molar-refractivity contribution is -0.125. The average molecular weight is 388 g/mol. The third-order valence-electron chi connectivity index (χ3n) is 5.23. The molecule has 0 unspecified atom stereocenters. The highest BCUT2D eigenvalue weighted by molar-refractivity contribution is 5.81. The summed E-state index contributed by atoms with van der Waals surface area (Å²) in [6.07, 6.45) is 2.64. The van der Waals surface area contributed by atoms with E-state index in [4.69, 9.17) is 9.15 Å². The molecule has 28 heavy (non-hydrogen) atoms. The summed E-state index contributed by atoms with van der Waals surface area (Å²) in [6, 6.07) is 4.57. The maximum absolute atomic E-state index is 13.6. The number of aryl methyl sites for hydroxylation is 1. The number of carbonyl (C=O) groups excluding carboxylic acids is 1. The topological polar surface area (TPSA) is 55.6 Å². The number of oxazole rings is 1. The van der Waals surface area contributed by atoms with Crippen molar-refractivity contribution in [1.29, 1.82) is 0 Å². The Morgan fingerprint density at radius 1 is 1.43 bits per heavy atom. The average Bonchev–Trinajstić information content (AvgIpc) is 3.02. The molecule has 1 atom stereocenters. The predicted octanol–water partition coefficient (Wildman–Crippen LogP) is 4.62. The Bertz CT molecular complexity index is 831. The number of ether oxygens (including phenoxy) is 1. The maximum atomic E-state index is 13.6. The van der Waals surface area contributed by atoms with Crippen LogP contribution in [0.2, 0.25) is 0 Å². The molecule has 5 nitrogen and oxygen atoms in total. The van der Waals surface area contributed by atoms with Gasteiger partial charge < -0.3 is 9.15 Å². The molecule has 3 rings (SSSR count). The van der Waals surface area contributed by atoms with E-state index in [2.05, 4.69) is 23.7 Å². The lowest BCUT2D eigenvalue weighted by Gasteiger charge is -2.31. The van der Waals surface area contributed by atoms with Crippen LogP contribution in [0.15, 0.2) is 22.6 Å². The molecule has 0 spiro atoms. The first-order valence-corrected chi connectivity index (χ1v) is 9.92. The first-order chi connectivity index (χ1) is 13.4. The maximum Gasteiger partial charge on any atom is 0.226 e. The number of aromatic nitrogens is 1. The van der Waals surface area contributed by atoms with Crippen LogP contribution in [0.25, 0.3) is 11.5 Å². The van der Waals surface area contributed by atoms with Crippen LogP contribution in [0.5, 0.6) is 5.75 Å². The van der Waals surface area contributed by atoms with Crippen LogP contribution in [0.1, 0.15) is 44.6 Å². The molecule has 1 aliphatic heterocycles. The van der Waals surface area contributed by atoms with Crippen molar-refractivity contribution in [3.63, 3.8) is 0 Å². The van der Waals surface area contributed by atoms with Crippen LogP contribution in [-0.4, -0.2) is 35.9 Å². The Morgan fingerprint density at radius 2 is 2.21 bits per heavy atom. The van der Waals surface area contributed by atoms with Gasteiger partial charge in [-0.2, -0.15) is 0 Å². The second-order valence-electron chi connectivity index (χ2n) is 8.01. The molecule has 0 aliphatic carbocycles. The molecular formula is C22H29FN2O3. The molecular weight excluding hydrogens is 359 g/mol. The van der Waals surface area contributed by atoms with Gasteiger partial charge in [0.2, 0.25) is 5.89 Å². The van der Waals surface area contributed by atoms with Crippen molar-refractivity contribution in [3.05, 3.63) is 35.5 Å². The fourth-order valence-electron chi connectivity index (χ4n) is 3.73. The van der Waals surface area contributed by atoms with Crippen molar-refractivity contribution in [2.45, 2.75) is 46.6 Å². The van der Waals surface area contributed by atoms with Crippen molar-refractivity contribution in [2.24, 2.45) is 11.8 Å². The SMILES string of the molecule is COc1cc(-c2nc(CN3CCC[C@@H](C(=O)CC(C)C)C3)c(C)o2)ccc1F. The third kappa shape index (κ3) is 4.79. The minimum absolute atomic E-state index is 0.115. The molecule has 152 valence electrons. The van der Waals surface area contributed by atoms with E-state index < -0.39 is 5.82 Å². The molecule has 1 aromatic heterocycles. The van der Waals surface area contributed by atoms with Gasteiger partial charge in [0.1, 0.15) is 11.5 Å². The number of hydrogen-bond donors (Lipinski definition) is 0. The molecule has 0 saturated carbocycles. The summed E-state index contributed by atoms with van der Waals surface area (Å²) < 4.78 is 24.5. The van der Waals surface area contributed by atoms with Crippen molar-refractivity contribution in [3.8, 4) is 17.2 Å². The van der Waals surface area contributed by atoms with Gasteiger partial charge in [0.25, 0.3) is 0 Å². The van der Waals surface area contributed by atoms with Crippen LogP contribution >= 0.6 is 0 Å². The van der Waals surface area contributed by atoms with Gasteiger partial charge in [-0.15, -0.1) is 0 Å². The molecule has 0 bridgehead atoms. The number of likely N-dealkylation sites (tertiary alicyclic amines) is 1. The number of Topliss-reactive ketones (excluding diaryl/α,β-unsaturated/α-hetero) is 1. The smallest absolute Gasteiger partial charge is 0.226 e. The van der Waals surface area contributed by atoms with Gasteiger partial charge in [0.15, 0.2) is 11.6 Å². The van der Waals surface area contributed by atoms with Gasteiger partial charge in [-0.05, 0) is 50.4 Å². The molecule has 0 amide bonds. The van der Waals surface area contributed by atoms with Crippen LogP contribution in [-0.2, 0) is 11.3 Å². The van der Waals surface area contributed by atoms with Gasteiger partial charge in [-0.1, -0.05) is 13.8 Å². The zero-order valence-electron chi connectivity index (χ0n) is 17.1. The largest absolute Gasteiger partial charge is 0.494 e. The molecule has 1 fully saturated rings. The standard InChI is InChI=1S/C22H29FN2O3/c1-14(2)10-20(26)17-6-5-9-25(12-17)13-19-15(3)28-22(24-19)16-7-8-18(23)21(11-16)27-4/h7-8,11,14,17H,5-6,9-10,12-13H2,1-4H3/t17-/m1/s1. The van der Waals surface area contributed by atoms with E-state index in [0.717, 1.165) is 37.4 Å². The minimum atomic E-state index is -0.417.